The van der Waals surface area contributed by atoms with Gasteiger partial charge in [-0.25, -0.2) is 0 Å². The van der Waals surface area contributed by atoms with Gasteiger partial charge in [-0.3, -0.25) is 4.79 Å². The number of amides is 1. The molecular weight excluding hydrogens is 328 g/mol. The second kappa shape index (κ2) is 8.31. The topological polar surface area (TPSA) is 52.9 Å². The zero-order valence-corrected chi connectivity index (χ0v) is 15.5. The molecule has 1 aromatic heterocycles. The van der Waals surface area contributed by atoms with E-state index in [9.17, 15) is 10.1 Å². The maximum atomic E-state index is 12.8. The Morgan fingerprint density at radius 3 is 2.60 bits per heavy atom. The van der Waals surface area contributed by atoms with E-state index in [-0.39, 0.29) is 11.8 Å². The molecule has 2 aromatic rings. The summed E-state index contributed by atoms with van der Waals surface area (Å²) in [5, 5.41) is 13.5. The average Bonchev–Trinajstić information content (AvgIpc) is 2.92. The number of thiophene rings is 1. The molecule has 0 spiro atoms. The predicted molar refractivity (Wildman–Crippen MR) is 103 cm³/mol. The van der Waals surface area contributed by atoms with E-state index in [4.69, 9.17) is 0 Å². The lowest BCUT2D eigenvalue weighted by Gasteiger charge is -2.14. The summed E-state index contributed by atoms with van der Waals surface area (Å²) < 4.78 is 0. The smallest absolute Gasteiger partial charge is 0.232 e. The van der Waals surface area contributed by atoms with Crippen LogP contribution < -0.4 is 5.32 Å². The minimum Gasteiger partial charge on any atom is -0.316 e. The van der Waals surface area contributed by atoms with Gasteiger partial charge in [0, 0.05) is 4.88 Å². The van der Waals surface area contributed by atoms with Gasteiger partial charge < -0.3 is 5.32 Å². The number of rotatable bonds is 4. The third-order valence-corrected chi connectivity index (χ3v) is 6.15. The second-order valence-corrected chi connectivity index (χ2v) is 7.70. The van der Waals surface area contributed by atoms with E-state index in [2.05, 4.69) is 11.4 Å². The van der Waals surface area contributed by atoms with Crippen molar-refractivity contribution in [2.24, 2.45) is 0 Å². The first kappa shape index (κ1) is 17.7. The van der Waals surface area contributed by atoms with Gasteiger partial charge in [0.05, 0.1) is 11.5 Å². The molecule has 25 heavy (non-hydrogen) atoms. The number of nitrogens with zero attached hydrogens (tertiary/aromatic N) is 1. The number of aryl methyl sites for hydroxylation is 1. The Hall–Kier alpha value is -2.12. The highest BCUT2D eigenvalue weighted by molar-refractivity contribution is 7.16. The largest absolute Gasteiger partial charge is 0.316 e. The van der Waals surface area contributed by atoms with E-state index in [1.54, 1.807) is 11.3 Å². The standard InChI is InChI=1S/C21H24N2OS/c1-2-16(15-10-6-5-7-11-15)20(24)23-21-18(14-22)17-12-8-3-4-9-13-19(17)25-21/h5-7,10-11,16H,2-4,8-9,12-13H2,1H3,(H,23,24)/t16-/m1/s1. The molecule has 0 saturated carbocycles. The van der Waals surface area contributed by atoms with Crippen molar-refractivity contribution < 1.29 is 4.79 Å². The predicted octanol–water partition coefficient (Wildman–Crippen LogP) is 5.41. The molecule has 1 heterocycles. The molecule has 4 heteroatoms. The Labute approximate surface area is 153 Å². The maximum Gasteiger partial charge on any atom is 0.232 e. The highest BCUT2D eigenvalue weighted by Gasteiger charge is 2.24. The monoisotopic (exact) mass is 352 g/mol. The Morgan fingerprint density at radius 2 is 1.92 bits per heavy atom. The highest BCUT2D eigenvalue weighted by Crippen LogP contribution is 2.37. The van der Waals surface area contributed by atoms with Crippen molar-refractivity contribution in [3.63, 3.8) is 0 Å². The molecule has 1 aromatic carbocycles. The van der Waals surface area contributed by atoms with Crippen LogP contribution in [0.3, 0.4) is 0 Å². The second-order valence-electron chi connectivity index (χ2n) is 6.59. The van der Waals surface area contributed by atoms with Gasteiger partial charge in [-0.1, -0.05) is 50.1 Å². The highest BCUT2D eigenvalue weighted by atomic mass is 32.1. The van der Waals surface area contributed by atoms with Crippen LogP contribution in [0.4, 0.5) is 5.00 Å². The molecule has 1 amide bonds. The fraction of sp³-hybridized carbons (Fsp3) is 0.429. The summed E-state index contributed by atoms with van der Waals surface area (Å²) in [5.74, 6) is -0.197. The van der Waals surface area contributed by atoms with Crippen LogP contribution in [0.2, 0.25) is 0 Å². The van der Waals surface area contributed by atoms with E-state index in [0.29, 0.717) is 5.56 Å². The lowest BCUT2D eigenvalue weighted by molar-refractivity contribution is -0.117. The lowest BCUT2D eigenvalue weighted by atomic mass is 9.95. The average molecular weight is 353 g/mol. The van der Waals surface area contributed by atoms with Crippen molar-refractivity contribution in [3.05, 3.63) is 51.9 Å². The van der Waals surface area contributed by atoms with Crippen LogP contribution in [0, 0.1) is 11.3 Å². The third kappa shape index (κ3) is 3.93. The number of anilines is 1. The molecule has 1 N–H and O–H groups in total. The number of hydrogen-bond donors (Lipinski definition) is 1. The maximum absolute atomic E-state index is 12.8. The number of fused-ring (bicyclic) bond motifs is 1. The molecular formula is C21H24N2OS. The third-order valence-electron chi connectivity index (χ3n) is 4.95. The summed E-state index contributed by atoms with van der Waals surface area (Å²) in [7, 11) is 0. The molecule has 130 valence electrons. The van der Waals surface area contributed by atoms with E-state index >= 15 is 0 Å². The van der Waals surface area contributed by atoms with Crippen molar-refractivity contribution in [3.8, 4) is 6.07 Å². The van der Waals surface area contributed by atoms with E-state index in [1.165, 1.54) is 29.7 Å². The number of carbonyl (C=O) groups excluding carboxylic acids is 1. The van der Waals surface area contributed by atoms with Gasteiger partial charge >= 0.3 is 0 Å². The van der Waals surface area contributed by atoms with Crippen LogP contribution in [0.25, 0.3) is 0 Å². The van der Waals surface area contributed by atoms with Gasteiger partial charge in [0.25, 0.3) is 0 Å². The zero-order chi connectivity index (χ0) is 17.6. The minimum atomic E-state index is -0.183. The van der Waals surface area contributed by atoms with Gasteiger partial charge in [0.2, 0.25) is 5.91 Å². The number of nitrogens with one attached hydrogen (secondary N) is 1. The van der Waals surface area contributed by atoms with Crippen molar-refractivity contribution in [1.82, 2.24) is 0 Å². The zero-order valence-electron chi connectivity index (χ0n) is 14.7. The van der Waals surface area contributed by atoms with Crippen LogP contribution in [-0.2, 0) is 17.6 Å². The van der Waals surface area contributed by atoms with Gasteiger partial charge in [-0.2, -0.15) is 5.26 Å². The molecule has 0 radical (unpaired) electrons. The summed E-state index contributed by atoms with van der Waals surface area (Å²) in [6.45, 7) is 2.02. The van der Waals surface area contributed by atoms with Gasteiger partial charge in [0.1, 0.15) is 11.1 Å². The summed E-state index contributed by atoms with van der Waals surface area (Å²) in [6, 6.07) is 12.2. The van der Waals surface area contributed by atoms with Crippen LogP contribution >= 0.6 is 11.3 Å². The van der Waals surface area contributed by atoms with Crippen LogP contribution in [0.15, 0.2) is 30.3 Å². The van der Waals surface area contributed by atoms with E-state index in [1.807, 2.05) is 37.3 Å². The Kier molecular flexibility index (Phi) is 5.88. The van der Waals surface area contributed by atoms with E-state index in [0.717, 1.165) is 36.2 Å². The quantitative estimate of drug-likeness (QED) is 0.799. The Bertz CT molecular complexity index is 773. The van der Waals surface area contributed by atoms with Crippen molar-refractivity contribution in [1.29, 1.82) is 5.26 Å². The first-order valence-electron chi connectivity index (χ1n) is 9.15. The fourth-order valence-electron chi connectivity index (χ4n) is 3.58. The van der Waals surface area contributed by atoms with E-state index < -0.39 is 0 Å². The van der Waals surface area contributed by atoms with Gasteiger partial charge in [-0.15, -0.1) is 11.3 Å². The molecule has 1 aliphatic carbocycles. The van der Waals surface area contributed by atoms with Crippen molar-refractivity contribution in [2.75, 3.05) is 5.32 Å². The molecule has 3 nitrogen and oxygen atoms in total. The van der Waals surface area contributed by atoms with Crippen LogP contribution in [0.5, 0.6) is 0 Å². The first-order chi connectivity index (χ1) is 12.2. The first-order valence-corrected chi connectivity index (χ1v) is 9.96. The summed E-state index contributed by atoms with van der Waals surface area (Å²) in [4.78, 5) is 14.1. The number of hydrogen-bond acceptors (Lipinski definition) is 3. The minimum absolute atomic E-state index is 0.0144. The lowest BCUT2D eigenvalue weighted by Crippen LogP contribution is -2.20. The number of benzene rings is 1. The molecule has 0 saturated heterocycles. The van der Waals surface area contributed by atoms with Crippen LogP contribution in [-0.4, -0.2) is 5.91 Å². The molecule has 0 aliphatic heterocycles. The van der Waals surface area contributed by atoms with Crippen molar-refractivity contribution in [2.45, 2.75) is 57.8 Å². The molecule has 1 atom stereocenters. The molecule has 1 aliphatic rings. The van der Waals surface area contributed by atoms with Crippen molar-refractivity contribution >= 4 is 22.2 Å². The number of nitriles is 1. The summed E-state index contributed by atoms with van der Waals surface area (Å²) in [6.07, 6.45) is 7.52. The normalized spacial score (nSPS) is 15.4. The number of carbonyl (C=O) groups is 1. The summed E-state index contributed by atoms with van der Waals surface area (Å²) in [5.41, 5.74) is 2.89. The molecule has 0 unspecified atom stereocenters. The Morgan fingerprint density at radius 1 is 1.20 bits per heavy atom. The molecule has 3 rings (SSSR count). The van der Waals surface area contributed by atoms with Gasteiger partial charge in [0.15, 0.2) is 0 Å². The van der Waals surface area contributed by atoms with Gasteiger partial charge in [-0.05, 0) is 43.2 Å². The molecule has 0 bridgehead atoms. The van der Waals surface area contributed by atoms with Crippen LogP contribution in [0.1, 0.15) is 66.5 Å². The Balaban J connectivity index is 1.86. The summed E-state index contributed by atoms with van der Waals surface area (Å²) >= 11 is 1.61. The SMILES string of the molecule is CC[C@@H](C(=O)Nc1sc2c(c1C#N)CCCCCC2)c1ccccc1. The molecule has 0 fully saturated rings. The fourth-order valence-corrected chi connectivity index (χ4v) is 4.83.